The number of benzene rings is 1. The van der Waals surface area contributed by atoms with E-state index in [0.717, 1.165) is 0 Å². The molecule has 1 aromatic rings. The van der Waals surface area contributed by atoms with Crippen LogP contribution in [0.4, 0.5) is 8.78 Å². The Hall–Kier alpha value is -0.610. The Kier molecular flexibility index (Phi) is 4.54. The van der Waals surface area contributed by atoms with Crippen molar-refractivity contribution in [3.63, 3.8) is 0 Å². The summed E-state index contributed by atoms with van der Waals surface area (Å²) in [6.45, 7) is 1.56. The van der Waals surface area contributed by atoms with E-state index in [2.05, 4.69) is 0 Å². The van der Waals surface area contributed by atoms with E-state index in [1.165, 1.54) is 23.9 Å². The van der Waals surface area contributed by atoms with E-state index in [1.807, 2.05) is 6.26 Å². The van der Waals surface area contributed by atoms with Gasteiger partial charge in [0, 0.05) is 0 Å². The molecule has 0 aliphatic carbocycles. The highest BCUT2D eigenvalue weighted by molar-refractivity contribution is 7.98. The molecule has 0 aliphatic rings. The average molecular weight is 232 g/mol. The summed E-state index contributed by atoms with van der Waals surface area (Å²) in [7, 11) is 0. The summed E-state index contributed by atoms with van der Waals surface area (Å²) in [5.74, 6) is -0.635. The molecule has 4 heteroatoms. The zero-order valence-electron chi connectivity index (χ0n) is 8.76. The lowest BCUT2D eigenvalue weighted by molar-refractivity contribution is 0.165. The van der Waals surface area contributed by atoms with Gasteiger partial charge in [0.2, 0.25) is 0 Å². The monoisotopic (exact) mass is 232 g/mol. The van der Waals surface area contributed by atoms with Gasteiger partial charge in [0.25, 0.3) is 0 Å². The van der Waals surface area contributed by atoms with Gasteiger partial charge >= 0.3 is 0 Å². The van der Waals surface area contributed by atoms with E-state index in [-0.39, 0.29) is 5.56 Å². The highest BCUT2D eigenvalue weighted by Gasteiger charge is 2.18. The van der Waals surface area contributed by atoms with Crippen LogP contribution in [0, 0.1) is 18.6 Å². The SMILES string of the molecule is CSCCC(O)c1c(F)ccc(C)c1F. The van der Waals surface area contributed by atoms with Crippen LogP contribution in [0.15, 0.2) is 12.1 Å². The van der Waals surface area contributed by atoms with E-state index < -0.39 is 17.7 Å². The number of aryl methyl sites for hydroxylation is 1. The van der Waals surface area contributed by atoms with Gasteiger partial charge in [0.05, 0.1) is 11.7 Å². The number of thioether (sulfide) groups is 1. The Balaban J connectivity index is 2.96. The van der Waals surface area contributed by atoms with Crippen LogP contribution in [-0.2, 0) is 0 Å². The molecule has 0 aromatic heterocycles. The molecule has 15 heavy (non-hydrogen) atoms. The summed E-state index contributed by atoms with van der Waals surface area (Å²) in [5, 5.41) is 9.64. The predicted molar refractivity (Wildman–Crippen MR) is 59.1 cm³/mol. The summed E-state index contributed by atoms with van der Waals surface area (Å²) in [4.78, 5) is 0. The van der Waals surface area contributed by atoms with Crippen molar-refractivity contribution in [1.82, 2.24) is 0 Å². The molecule has 0 radical (unpaired) electrons. The zero-order valence-corrected chi connectivity index (χ0v) is 9.57. The van der Waals surface area contributed by atoms with Crippen LogP contribution < -0.4 is 0 Å². The van der Waals surface area contributed by atoms with Gasteiger partial charge in [-0.25, -0.2) is 8.78 Å². The molecule has 0 fully saturated rings. The molecule has 1 N–H and O–H groups in total. The maximum Gasteiger partial charge on any atom is 0.134 e. The second kappa shape index (κ2) is 5.47. The average Bonchev–Trinajstić information content (AvgIpc) is 2.21. The molecule has 0 saturated carbocycles. The second-order valence-electron chi connectivity index (χ2n) is 3.39. The Morgan fingerprint density at radius 1 is 1.40 bits per heavy atom. The molecule has 0 amide bonds. The third-order valence-electron chi connectivity index (χ3n) is 2.25. The number of aliphatic hydroxyl groups excluding tert-OH is 1. The Morgan fingerprint density at radius 3 is 2.67 bits per heavy atom. The number of aliphatic hydroxyl groups is 1. The van der Waals surface area contributed by atoms with Crippen molar-refractivity contribution in [2.24, 2.45) is 0 Å². The van der Waals surface area contributed by atoms with Crippen LogP contribution in [0.2, 0.25) is 0 Å². The van der Waals surface area contributed by atoms with Gasteiger partial charge in [-0.3, -0.25) is 0 Å². The topological polar surface area (TPSA) is 20.2 Å². The molecule has 0 heterocycles. The standard InChI is InChI=1S/C11H14F2OS/c1-7-3-4-8(12)10(11(7)13)9(14)5-6-15-2/h3-4,9,14H,5-6H2,1-2H3. The van der Waals surface area contributed by atoms with E-state index >= 15 is 0 Å². The van der Waals surface area contributed by atoms with Gasteiger partial charge in [-0.05, 0) is 37.0 Å². The minimum atomic E-state index is -1.06. The molecule has 1 aromatic carbocycles. The molecule has 84 valence electrons. The Bertz CT molecular complexity index is 342. The molecule has 0 spiro atoms. The third kappa shape index (κ3) is 2.92. The minimum Gasteiger partial charge on any atom is -0.388 e. The van der Waals surface area contributed by atoms with Crippen LogP contribution in [0.25, 0.3) is 0 Å². The lowest BCUT2D eigenvalue weighted by Gasteiger charge is -2.13. The summed E-state index contributed by atoms with van der Waals surface area (Å²) < 4.78 is 26.8. The first-order valence-corrected chi connectivity index (χ1v) is 6.08. The lowest BCUT2D eigenvalue weighted by Crippen LogP contribution is -2.06. The molecule has 1 atom stereocenters. The molecule has 0 bridgehead atoms. The molecule has 1 nitrogen and oxygen atoms in total. The molecule has 1 rings (SSSR count). The smallest absolute Gasteiger partial charge is 0.134 e. The van der Waals surface area contributed by atoms with Gasteiger partial charge in [-0.15, -0.1) is 0 Å². The van der Waals surface area contributed by atoms with Crippen molar-refractivity contribution in [3.8, 4) is 0 Å². The number of halogens is 2. The van der Waals surface area contributed by atoms with Crippen LogP contribution in [-0.4, -0.2) is 17.1 Å². The number of rotatable bonds is 4. The van der Waals surface area contributed by atoms with Gasteiger partial charge in [-0.2, -0.15) is 11.8 Å². The third-order valence-corrected chi connectivity index (χ3v) is 2.89. The first-order chi connectivity index (χ1) is 7.07. The van der Waals surface area contributed by atoms with Crippen molar-refractivity contribution in [1.29, 1.82) is 0 Å². The van der Waals surface area contributed by atoms with Crippen molar-refractivity contribution in [2.75, 3.05) is 12.0 Å². The lowest BCUT2D eigenvalue weighted by atomic mass is 10.0. The number of hydrogen-bond donors (Lipinski definition) is 1. The highest BCUT2D eigenvalue weighted by Crippen LogP contribution is 2.26. The van der Waals surface area contributed by atoms with Crippen molar-refractivity contribution in [3.05, 3.63) is 34.9 Å². The second-order valence-corrected chi connectivity index (χ2v) is 4.37. The van der Waals surface area contributed by atoms with Crippen molar-refractivity contribution >= 4 is 11.8 Å². The number of hydrogen-bond acceptors (Lipinski definition) is 2. The van der Waals surface area contributed by atoms with Gasteiger partial charge < -0.3 is 5.11 Å². The normalized spacial score (nSPS) is 12.9. The fourth-order valence-corrected chi connectivity index (χ4v) is 1.82. The van der Waals surface area contributed by atoms with Crippen LogP contribution >= 0.6 is 11.8 Å². The molecular weight excluding hydrogens is 218 g/mol. The maximum absolute atomic E-state index is 13.5. The van der Waals surface area contributed by atoms with E-state index in [9.17, 15) is 13.9 Å². The van der Waals surface area contributed by atoms with Gasteiger partial charge in [0.15, 0.2) is 0 Å². The van der Waals surface area contributed by atoms with Crippen LogP contribution in [0.1, 0.15) is 23.7 Å². The van der Waals surface area contributed by atoms with Crippen molar-refractivity contribution < 1.29 is 13.9 Å². The van der Waals surface area contributed by atoms with E-state index in [0.29, 0.717) is 17.7 Å². The van der Waals surface area contributed by atoms with Crippen LogP contribution in [0.3, 0.4) is 0 Å². The summed E-state index contributed by atoms with van der Waals surface area (Å²) >= 11 is 1.54. The van der Waals surface area contributed by atoms with E-state index in [1.54, 1.807) is 6.92 Å². The van der Waals surface area contributed by atoms with E-state index in [4.69, 9.17) is 0 Å². The predicted octanol–water partition coefficient (Wildman–Crippen LogP) is 3.06. The Morgan fingerprint density at radius 2 is 2.07 bits per heavy atom. The summed E-state index contributed by atoms with van der Waals surface area (Å²) in [5.41, 5.74) is 0.152. The molecule has 0 saturated heterocycles. The summed E-state index contributed by atoms with van der Waals surface area (Å²) in [6.07, 6.45) is 1.19. The summed E-state index contributed by atoms with van der Waals surface area (Å²) in [6, 6.07) is 2.56. The Labute approximate surface area is 92.5 Å². The quantitative estimate of drug-likeness (QED) is 0.861. The molecular formula is C11H14F2OS. The fourth-order valence-electron chi connectivity index (χ4n) is 1.36. The van der Waals surface area contributed by atoms with Crippen LogP contribution in [0.5, 0.6) is 0 Å². The fraction of sp³-hybridized carbons (Fsp3) is 0.455. The minimum absolute atomic E-state index is 0.205. The maximum atomic E-state index is 13.5. The first-order valence-electron chi connectivity index (χ1n) is 4.69. The molecule has 0 aliphatic heterocycles. The zero-order chi connectivity index (χ0) is 11.4. The largest absolute Gasteiger partial charge is 0.388 e. The van der Waals surface area contributed by atoms with Gasteiger partial charge in [0.1, 0.15) is 11.6 Å². The molecule has 1 unspecified atom stereocenters. The van der Waals surface area contributed by atoms with Gasteiger partial charge in [-0.1, -0.05) is 6.07 Å². The first kappa shape index (κ1) is 12.5. The van der Waals surface area contributed by atoms with Crippen molar-refractivity contribution in [2.45, 2.75) is 19.4 Å². The highest BCUT2D eigenvalue weighted by atomic mass is 32.2.